The molecule has 3 heterocycles. The number of carbonyl (C=O) groups is 1. The van der Waals surface area contributed by atoms with E-state index in [9.17, 15) is 4.79 Å². The highest BCUT2D eigenvalue weighted by molar-refractivity contribution is 7.99. The Morgan fingerprint density at radius 1 is 1.19 bits per heavy atom. The fourth-order valence-corrected chi connectivity index (χ4v) is 4.81. The number of hydrogen-bond donors (Lipinski definition) is 0. The van der Waals surface area contributed by atoms with Crippen molar-refractivity contribution in [2.45, 2.75) is 43.8 Å². The first-order valence-corrected chi connectivity index (χ1v) is 11.6. The Balaban J connectivity index is 1.61. The van der Waals surface area contributed by atoms with Gasteiger partial charge in [0.2, 0.25) is 5.91 Å². The Morgan fingerprint density at radius 3 is 2.74 bits per heavy atom. The maximum absolute atomic E-state index is 13.0. The SMILES string of the molecule is CC[C@@H]1CCCCN1C(=O)CSc1nnc(-c2cccnc2)n1-c1ccc(OC)cc1. The molecule has 1 saturated heterocycles. The predicted molar refractivity (Wildman–Crippen MR) is 122 cm³/mol. The number of methoxy groups -OCH3 is 1. The molecular weight excluding hydrogens is 410 g/mol. The van der Waals surface area contributed by atoms with Crippen LogP contribution in [0.5, 0.6) is 5.75 Å². The van der Waals surface area contributed by atoms with Crippen molar-refractivity contribution in [3.05, 3.63) is 48.8 Å². The molecule has 0 saturated carbocycles. The van der Waals surface area contributed by atoms with Crippen LogP contribution < -0.4 is 4.74 Å². The number of amides is 1. The van der Waals surface area contributed by atoms with Crippen LogP contribution in [0, 0.1) is 0 Å². The second-order valence-electron chi connectivity index (χ2n) is 7.51. The fourth-order valence-electron chi connectivity index (χ4n) is 3.97. The van der Waals surface area contributed by atoms with Gasteiger partial charge in [-0.1, -0.05) is 18.7 Å². The number of hydrogen-bond acceptors (Lipinski definition) is 6. The number of likely N-dealkylation sites (tertiary alicyclic amines) is 1. The van der Waals surface area contributed by atoms with Gasteiger partial charge >= 0.3 is 0 Å². The standard InChI is InChI=1S/C23H27N5O2S/c1-3-18-8-4-5-14-27(18)21(29)16-31-23-26-25-22(17-7-6-13-24-15-17)28(23)19-9-11-20(30-2)12-10-19/h6-7,9-13,15,18H,3-5,8,14,16H2,1-2H3/t18-/m1/s1. The summed E-state index contributed by atoms with van der Waals surface area (Å²) in [6.45, 7) is 3.01. The second kappa shape index (κ2) is 9.96. The summed E-state index contributed by atoms with van der Waals surface area (Å²) < 4.78 is 7.27. The highest BCUT2D eigenvalue weighted by atomic mass is 32.2. The molecule has 3 aromatic rings. The number of nitrogens with zero attached hydrogens (tertiary/aromatic N) is 5. The monoisotopic (exact) mass is 437 g/mol. The van der Waals surface area contributed by atoms with E-state index >= 15 is 0 Å². The molecule has 0 N–H and O–H groups in total. The quantitative estimate of drug-likeness (QED) is 0.515. The Kier molecular flexibility index (Phi) is 6.86. The first-order chi connectivity index (χ1) is 15.2. The van der Waals surface area contributed by atoms with Gasteiger partial charge in [-0.15, -0.1) is 10.2 Å². The molecule has 7 nitrogen and oxygen atoms in total. The van der Waals surface area contributed by atoms with Crippen LogP contribution in [0.3, 0.4) is 0 Å². The van der Waals surface area contributed by atoms with Gasteiger partial charge in [0.15, 0.2) is 11.0 Å². The molecule has 1 aliphatic rings. The molecule has 0 bridgehead atoms. The zero-order chi connectivity index (χ0) is 21.6. The van der Waals surface area contributed by atoms with Gasteiger partial charge in [-0.3, -0.25) is 14.3 Å². The van der Waals surface area contributed by atoms with Crippen LogP contribution in [-0.2, 0) is 4.79 Å². The summed E-state index contributed by atoms with van der Waals surface area (Å²) in [7, 11) is 1.64. The maximum atomic E-state index is 13.0. The van der Waals surface area contributed by atoms with Crippen LogP contribution in [0.2, 0.25) is 0 Å². The van der Waals surface area contributed by atoms with E-state index in [1.807, 2.05) is 45.9 Å². The average Bonchev–Trinajstić information content (AvgIpc) is 3.27. The normalized spacial score (nSPS) is 16.3. The van der Waals surface area contributed by atoms with Crippen LogP contribution in [0.15, 0.2) is 53.9 Å². The lowest BCUT2D eigenvalue weighted by atomic mass is 10.0. The van der Waals surface area contributed by atoms with Gasteiger partial charge in [0.05, 0.1) is 12.9 Å². The van der Waals surface area contributed by atoms with Gasteiger partial charge in [-0.25, -0.2) is 0 Å². The fraction of sp³-hybridized carbons (Fsp3) is 0.391. The third-order valence-corrected chi connectivity index (χ3v) is 6.54. The maximum Gasteiger partial charge on any atom is 0.233 e. The Morgan fingerprint density at radius 2 is 2.03 bits per heavy atom. The van der Waals surface area contributed by atoms with Gasteiger partial charge < -0.3 is 9.64 Å². The van der Waals surface area contributed by atoms with E-state index in [0.717, 1.165) is 42.8 Å². The highest BCUT2D eigenvalue weighted by Gasteiger charge is 2.26. The van der Waals surface area contributed by atoms with E-state index < -0.39 is 0 Å². The van der Waals surface area contributed by atoms with E-state index in [4.69, 9.17) is 4.74 Å². The topological polar surface area (TPSA) is 73.1 Å². The van der Waals surface area contributed by atoms with Crippen LogP contribution in [-0.4, -0.2) is 56.0 Å². The third-order valence-electron chi connectivity index (χ3n) is 5.63. The lowest BCUT2D eigenvalue weighted by Gasteiger charge is -2.35. The summed E-state index contributed by atoms with van der Waals surface area (Å²) in [5.74, 6) is 1.99. The molecule has 4 rings (SSSR count). The first kappa shape index (κ1) is 21.4. The molecule has 162 valence electrons. The number of ether oxygens (including phenoxy) is 1. The minimum absolute atomic E-state index is 0.170. The lowest BCUT2D eigenvalue weighted by molar-refractivity contribution is -0.132. The lowest BCUT2D eigenvalue weighted by Crippen LogP contribution is -2.44. The summed E-state index contributed by atoms with van der Waals surface area (Å²) in [5.41, 5.74) is 1.77. The molecule has 1 aliphatic heterocycles. The van der Waals surface area contributed by atoms with E-state index in [0.29, 0.717) is 22.8 Å². The molecule has 8 heteroatoms. The van der Waals surface area contributed by atoms with Crippen LogP contribution >= 0.6 is 11.8 Å². The predicted octanol–water partition coefficient (Wildman–Crippen LogP) is 4.22. The molecule has 31 heavy (non-hydrogen) atoms. The van der Waals surface area contributed by atoms with Crippen molar-refractivity contribution in [2.75, 3.05) is 19.4 Å². The Hall–Kier alpha value is -2.87. The number of carbonyl (C=O) groups excluding carboxylic acids is 1. The minimum Gasteiger partial charge on any atom is -0.497 e. The van der Waals surface area contributed by atoms with Crippen molar-refractivity contribution >= 4 is 17.7 Å². The molecule has 1 amide bonds. The van der Waals surface area contributed by atoms with Crippen LogP contribution in [0.25, 0.3) is 17.1 Å². The number of benzene rings is 1. The first-order valence-electron chi connectivity index (χ1n) is 10.6. The van der Waals surface area contributed by atoms with Crippen molar-refractivity contribution in [1.82, 2.24) is 24.6 Å². The molecule has 1 atom stereocenters. The smallest absolute Gasteiger partial charge is 0.233 e. The molecule has 1 aromatic carbocycles. The van der Waals surface area contributed by atoms with Crippen molar-refractivity contribution in [2.24, 2.45) is 0 Å². The molecule has 0 spiro atoms. The van der Waals surface area contributed by atoms with Crippen LogP contribution in [0.4, 0.5) is 0 Å². The number of thioether (sulfide) groups is 1. The van der Waals surface area contributed by atoms with E-state index in [1.54, 1.807) is 19.5 Å². The minimum atomic E-state index is 0.170. The summed E-state index contributed by atoms with van der Waals surface area (Å²) in [5, 5.41) is 9.52. The largest absolute Gasteiger partial charge is 0.497 e. The van der Waals surface area contributed by atoms with Crippen LogP contribution in [0.1, 0.15) is 32.6 Å². The second-order valence-corrected chi connectivity index (χ2v) is 8.46. The Bertz CT molecular complexity index is 1010. The van der Waals surface area contributed by atoms with Crippen molar-refractivity contribution in [3.63, 3.8) is 0 Å². The van der Waals surface area contributed by atoms with Gasteiger partial charge in [-0.05, 0) is 62.1 Å². The highest BCUT2D eigenvalue weighted by Crippen LogP contribution is 2.29. The molecule has 1 fully saturated rings. The third kappa shape index (κ3) is 4.74. The summed E-state index contributed by atoms with van der Waals surface area (Å²) in [6.07, 6.45) is 7.89. The van der Waals surface area contributed by atoms with Gasteiger partial charge in [0.25, 0.3) is 0 Å². The van der Waals surface area contributed by atoms with Crippen molar-refractivity contribution in [1.29, 1.82) is 0 Å². The zero-order valence-corrected chi connectivity index (χ0v) is 18.7. The van der Waals surface area contributed by atoms with E-state index in [1.165, 1.54) is 18.2 Å². The van der Waals surface area contributed by atoms with Crippen molar-refractivity contribution < 1.29 is 9.53 Å². The number of piperidine rings is 1. The zero-order valence-electron chi connectivity index (χ0n) is 17.9. The summed E-state index contributed by atoms with van der Waals surface area (Å²) in [6, 6.07) is 11.9. The number of pyridine rings is 1. The Labute approximate surface area is 186 Å². The van der Waals surface area contributed by atoms with E-state index in [-0.39, 0.29) is 5.91 Å². The molecule has 2 aromatic heterocycles. The summed E-state index contributed by atoms with van der Waals surface area (Å²) >= 11 is 1.43. The van der Waals surface area contributed by atoms with Crippen molar-refractivity contribution in [3.8, 4) is 22.8 Å². The summed E-state index contributed by atoms with van der Waals surface area (Å²) in [4.78, 5) is 19.2. The van der Waals surface area contributed by atoms with Gasteiger partial charge in [-0.2, -0.15) is 0 Å². The van der Waals surface area contributed by atoms with Gasteiger partial charge in [0, 0.05) is 36.2 Å². The number of rotatable bonds is 7. The molecule has 0 unspecified atom stereocenters. The molecule has 0 aliphatic carbocycles. The molecule has 0 radical (unpaired) electrons. The molecular formula is C23H27N5O2S. The van der Waals surface area contributed by atoms with E-state index in [2.05, 4.69) is 22.1 Å². The average molecular weight is 438 g/mol. The van der Waals surface area contributed by atoms with Gasteiger partial charge in [0.1, 0.15) is 5.75 Å². The number of aromatic nitrogens is 4.